The third-order valence-electron chi connectivity index (χ3n) is 3.46. The van der Waals surface area contributed by atoms with E-state index in [1.807, 2.05) is 42.5 Å². The molecule has 6 heteroatoms. The number of benzene rings is 2. The Balaban J connectivity index is 2.01. The van der Waals surface area contributed by atoms with Gasteiger partial charge in [-0.1, -0.05) is 36.4 Å². The molecule has 0 saturated heterocycles. The van der Waals surface area contributed by atoms with Crippen LogP contribution in [0.4, 0.5) is 0 Å². The number of ether oxygens (including phenoxy) is 3. The van der Waals surface area contributed by atoms with Crippen molar-refractivity contribution in [2.45, 2.75) is 12.6 Å². The third kappa shape index (κ3) is 4.47. The molecule has 0 bridgehead atoms. The summed E-state index contributed by atoms with van der Waals surface area (Å²) in [5.41, 5.74) is 4.39. The molecular weight excluding hydrogens is 310 g/mol. The number of nitrogens with one attached hydrogen (secondary N) is 1. The van der Waals surface area contributed by atoms with E-state index in [1.165, 1.54) is 7.11 Å². The summed E-state index contributed by atoms with van der Waals surface area (Å²) in [4.78, 5) is 17.4. The van der Waals surface area contributed by atoms with Crippen LogP contribution in [-0.2, 0) is 21.0 Å². The molecule has 2 aromatic carbocycles. The molecular formula is C18H21NO5. The van der Waals surface area contributed by atoms with Crippen molar-refractivity contribution in [3.05, 3.63) is 59.7 Å². The normalized spacial score (nSPS) is 11.6. The van der Waals surface area contributed by atoms with Gasteiger partial charge in [-0.3, -0.25) is 4.84 Å². The second-order valence-corrected chi connectivity index (χ2v) is 4.96. The van der Waals surface area contributed by atoms with Gasteiger partial charge in [0.1, 0.15) is 0 Å². The van der Waals surface area contributed by atoms with Crippen LogP contribution in [0.5, 0.6) is 11.5 Å². The van der Waals surface area contributed by atoms with E-state index in [-0.39, 0.29) is 6.61 Å². The highest BCUT2D eigenvalue weighted by Gasteiger charge is 2.21. The fourth-order valence-corrected chi connectivity index (χ4v) is 2.19. The van der Waals surface area contributed by atoms with Crippen molar-refractivity contribution in [1.29, 1.82) is 0 Å². The first-order valence-corrected chi connectivity index (χ1v) is 7.40. The van der Waals surface area contributed by atoms with Crippen molar-refractivity contribution in [3.63, 3.8) is 0 Å². The largest absolute Gasteiger partial charge is 0.493 e. The summed E-state index contributed by atoms with van der Waals surface area (Å²) in [6.45, 7) is 0.251. The number of hydroxylamine groups is 1. The molecule has 0 aliphatic rings. The van der Waals surface area contributed by atoms with Crippen LogP contribution in [-0.4, -0.2) is 27.3 Å². The number of methoxy groups -OCH3 is 3. The van der Waals surface area contributed by atoms with Gasteiger partial charge >= 0.3 is 5.97 Å². The van der Waals surface area contributed by atoms with Crippen LogP contribution in [0.15, 0.2) is 48.5 Å². The molecule has 1 unspecified atom stereocenters. The van der Waals surface area contributed by atoms with E-state index in [4.69, 9.17) is 19.0 Å². The first kappa shape index (κ1) is 17.8. The smallest absolute Gasteiger partial charge is 0.329 e. The van der Waals surface area contributed by atoms with E-state index in [0.717, 1.165) is 11.1 Å². The lowest BCUT2D eigenvalue weighted by Crippen LogP contribution is -2.29. The maximum absolute atomic E-state index is 11.9. The molecule has 1 atom stereocenters. The Bertz CT molecular complexity index is 660. The molecule has 0 heterocycles. The number of esters is 1. The van der Waals surface area contributed by atoms with Gasteiger partial charge in [-0.25, -0.2) is 4.79 Å². The maximum Gasteiger partial charge on any atom is 0.329 e. The summed E-state index contributed by atoms with van der Waals surface area (Å²) in [7, 11) is 4.49. The van der Waals surface area contributed by atoms with Crippen molar-refractivity contribution in [1.82, 2.24) is 5.48 Å². The van der Waals surface area contributed by atoms with Gasteiger partial charge in [0, 0.05) is 0 Å². The number of rotatable bonds is 8. The molecule has 0 aromatic heterocycles. The molecule has 2 aromatic rings. The summed E-state index contributed by atoms with van der Waals surface area (Å²) < 4.78 is 15.3. The highest BCUT2D eigenvalue weighted by molar-refractivity contribution is 5.77. The highest BCUT2D eigenvalue weighted by Crippen LogP contribution is 2.27. The van der Waals surface area contributed by atoms with Gasteiger partial charge in [0.25, 0.3) is 0 Å². The molecule has 0 saturated carbocycles. The molecule has 128 valence electrons. The van der Waals surface area contributed by atoms with Gasteiger partial charge in [0.15, 0.2) is 17.5 Å². The van der Waals surface area contributed by atoms with Crippen LogP contribution in [0.3, 0.4) is 0 Å². The van der Waals surface area contributed by atoms with Gasteiger partial charge in [-0.05, 0) is 23.3 Å². The van der Waals surface area contributed by atoms with Crippen molar-refractivity contribution < 1.29 is 23.8 Å². The standard InChI is InChI=1S/C18H21NO5/c1-21-15-10-9-13(11-16(15)22-2)12-24-19-17(18(20)23-3)14-7-5-4-6-8-14/h4-11,17,19H,12H2,1-3H3. The van der Waals surface area contributed by atoms with Gasteiger partial charge in [0.05, 0.1) is 27.9 Å². The average Bonchev–Trinajstić information content (AvgIpc) is 2.65. The zero-order chi connectivity index (χ0) is 17.4. The predicted molar refractivity (Wildman–Crippen MR) is 88.7 cm³/mol. The van der Waals surface area contributed by atoms with Gasteiger partial charge in [0.2, 0.25) is 0 Å². The zero-order valence-electron chi connectivity index (χ0n) is 13.9. The predicted octanol–water partition coefficient (Wildman–Crippen LogP) is 2.64. The summed E-state index contributed by atoms with van der Waals surface area (Å²) in [6, 6.07) is 14.0. The highest BCUT2D eigenvalue weighted by atomic mass is 16.6. The minimum absolute atomic E-state index is 0.251. The van der Waals surface area contributed by atoms with Crippen molar-refractivity contribution >= 4 is 5.97 Å². The minimum Gasteiger partial charge on any atom is -0.493 e. The van der Waals surface area contributed by atoms with Crippen LogP contribution >= 0.6 is 0 Å². The fraction of sp³-hybridized carbons (Fsp3) is 0.278. The molecule has 0 spiro atoms. The Kier molecular flexibility index (Phi) is 6.60. The molecule has 0 fully saturated rings. The quantitative estimate of drug-likeness (QED) is 0.592. The number of carbonyl (C=O) groups excluding carboxylic acids is 1. The Hall–Kier alpha value is -2.57. The van der Waals surface area contributed by atoms with Crippen LogP contribution in [0.1, 0.15) is 17.2 Å². The number of hydrogen-bond acceptors (Lipinski definition) is 6. The van der Waals surface area contributed by atoms with Gasteiger partial charge in [-0.2, -0.15) is 5.48 Å². The zero-order valence-corrected chi connectivity index (χ0v) is 13.9. The Labute approximate surface area is 141 Å². The van der Waals surface area contributed by atoms with Crippen molar-refractivity contribution in [2.75, 3.05) is 21.3 Å². The second-order valence-electron chi connectivity index (χ2n) is 4.96. The SMILES string of the molecule is COC(=O)C(NOCc1ccc(OC)c(OC)c1)c1ccccc1. The van der Waals surface area contributed by atoms with Gasteiger partial charge < -0.3 is 14.2 Å². The molecule has 0 aliphatic heterocycles. The number of carbonyl (C=O) groups is 1. The maximum atomic E-state index is 11.9. The Morgan fingerprint density at radius 1 is 1.00 bits per heavy atom. The summed E-state index contributed by atoms with van der Waals surface area (Å²) in [5, 5.41) is 0. The van der Waals surface area contributed by atoms with Crippen LogP contribution < -0.4 is 15.0 Å². The van der Waals surface area contributed by atoms with Crippen molar-refractivity contribution in [2.24, 2.45) is 0 Å². The molecule has 1 N–H and O–H groups in total. The van der Waals surface area contributed by atoms with E-state index < -0.39 is 12.0 Å². The topological polar surface area (TPSA) is 66.0 Å². The van der Waals surface area contributed by atoms with Crippen LogP contribution in [0.2, 0.25) is 0 Å². The second kappa shape index (κ2) is 8.90. The molecule has 2 rings (SSSR count). The van der Waals surface area contributed by atoms with Crippen LogP contribution in [0.25, 0.3) is 0 Å². The lowest BCUT2D eigenvalue weighted by Gasteiger charge is -2.17. The van der Waals surface area contributed by atoms with Crippen LogP contribution in [0, 0.1) is 0 Å². The Morgan fingerprint density at radius 2 is 1.71 bits per heavy atom. The van der Waals surface area contributed by atoms with E-state index in [1.54, 1.807) is 20.3 Å². The van der Waals surface area contributed by atoms with E-state index in [9.17, 15) is 4.79 Å². The first-order valence-electron chi connectivity index (χ1n) is 7.40. The van der Waals surface area contributed by atoms with Crippen molar-refractivity contribution in [3.8, 4) is 11.5 Å². The lowest BCUT2D eigenvalue weighted by molar-refractivity contribution is -0.148. The first-order chi connectivity index (χ1) is 11.7. The summed E-state index contributed by atoms with van der Waals surface area (Å²) >= 11 is 0. The fourth-order valence-electron chi connectivity index (χ4n) is 2.19. The monoisotopic (exact) mass is 331 g/mol. The third-order valence-corrected chi connectivity index (χ3v) is 3.46. The Morgan fingerprint density at radius 3 is 2.33 bits per heavy atom. The summed E-state index contributed by atoms with van der Waals surface area (Å²) in [5.74, 6) is 0.839. The molecule has 0 radical (unpaired) electrons. The number of hydrogen-bond donors (Lipinski definition) is 1. The van der Waals surface area contributed by atoms with Gasteiger partial charge in [-0.15, -0.1) is 0 Å². The molecule has 0 aliphatic carbocycles. The average molecular weight is 331 g/mol. The molecule has 0 amide bonds. The minimum atomic E-state index is -0.698. The molecule has 24 heavy (non-hydrogen) atoms. The summed E-state index contributed by atoms with van der Waals surface area (Å²) in [6.07, 6.45) is 0. The van der Waals surface area contributed by atoms with E-state index >= 15 is 0 Å². The van der Waals surface area contributed by atoms with E-state index in [0.29, 0.717) is 11.5 Å². The lowest BCUT2D eigenvalue weighted by atomic mass is 10.1. The van der Waals surface area contributed by atoms with E-state index in [2.05, 4.69) is 5.48 Å². The molecule has 6 nitrogen and oxygen atoms in total.